The average Bonchev–Trinajstić information content (AvgIpc) is 2.75. The molecule has 4 rings (SSSR count). The Balaban J connectivity index is 1.69. The highest BCUT2D eigenvalue weighted by Gasteiger charge is 2.19. The fourth-order valence-corrected chi connectivity index (χ4v) is 3.30. The molecule has 6 heteroatoms. The van der Waals surface area contributed by atoms with Crippen LogP contribution in [0.2, 0.25) is 0 Å². The third-order valence-electron chi connectivity index (χ3n) is 4.78. The average molecular weight is 361 g/mol. The lowest BCUT2D eigenvalue weighted by Gasteiger charge is -2.35. The summed E-state index contributed by atoms with van der Waals surface area (Å²) in [6.07, 6.45) is 1.78. The Hall–Kier alpha value is -2.83. The summed E-state index contributed by atoms with van der Waals surface area (Å²) in [4.78, 5) is 18.6. The molecule has 1 N–H and O–H groups in total. The molecule has 0 amide bonds. The van der Waals surface area contributed by atoms with Crippen molar-refractivity contribution in [3.8, 4) is 22.8 Å². The van der Waals surface area contributed by atoms with Crippen molar-refractivity contribution >= 4 is 5.82 Å². The van der Waals surface area contributed by atoms with Crippen molar-refractivity contribution < 1.29 is 5.11 Å². The molecule has 3 heterocycles. The summed E-state index contributed by atoms with van der Waals surface area (Å²) in [5, 5.41) is 9.14. The van der Waals surface area contributed by atoms with E-state index >= 15 is 0 Å². The molecule has 138 valence electrons. The molecule has 1 fully saturated rings. The molecule has 3 aromatic rings. The van der Waals surface area contributed by atoms with Gasteiger partial charge in [-0.3, -0.25) is 9.88 Å². The number of benzene rings is 1. The predicted molar refractivity (Wildman–Crippen MR) is 106 cm³/mol. The first kappa shape index (κ1) is 17.6. The van der Waals surface area contributed by atoms with E-state index in [1.165, 1.54) is 0 Å². The van der Waals surface area contributed by atoms with Gasteiger partial charge in [-0.2, -0.15) is 0 Å². The third-order valence-corrected chi connectivity index (χ3v) is 4.78. The second-order valence-corrected chi connectivity index (χ2v) is 6.57. The molecule has 0 unspecified atom stereocenters. The van der Waals surface area contributed by atoms with Crippen LogP contribution in [0.15, 0.2) is 60.8 Å². The van der Waals surface area contributed by atoms with Crippen LogP contribution in [0.25, 0.3) is 22.8 Å². The summed E-state index contributed by atoms with van der Waals surface area (Å²) < 4.78 is 0. The van der Waals surface area contributed by atoms with Gasteiger partial charge in [0.25, 0.3) is 0 Å². The molecule has 1 saturated heterocycles. The van der Waals surface area contributed by atoms with Gasteiger partial charge >= 0.3 is 0 Å². The Labute approximate surface area is 159 Å². The summed E-state index contributed by atoms with van der Waals surface area (Å²) >= 11 is 0. The Kier molecular flexibility index (Phi) is 5.37. The number of rotatable bonds is 5. The van der Waals surface area contributed by atoms with E-state index in [0.717, 1.165) is 55.5 Å². The van der Waals surface area contributed by atoms with Gasteiger partial charge < -0.3 is 10.0 Å². The maximum absolute atomic E-state index is 9.14. The van der Waals surface area contributed by atoms with Crippen LogP contribution in [0.3, 0.4) is 0 Å². The molecular formula is C21H23N5O. The summed E-state index contributed by atoms with van der Waals surface area (Å²) in [7, 11) is 0. The third kappa shape index (κ3) is 4.13. The van der Waals surface area contributed by atoms with Crippen LogP contribution in [0.5, 0.6) is 0 Å². The Morgan fingerprint density at radius 1 is 0.852 bits per heavy atom. The van der Waals surface area contributed by atoms with E-state index in [2.05, 4.69) is 14.8 Å². The van der Waals surface area contributed by atoms with Crippen LogP contribution in [0.4, 0.5) is 5.82 Å². The fraction of sp³-hybridized carbons (Fsp3) is 0.286. The molecule has 6 nitrogen and oxygen atoms in total. The number of aromatic nitrogens is 3. The van der Waals surface area contributed by atoms with Crippen molar-refractivity contribution in [2.75, 3.05) is 44.2 Å². The van der Waals surface area contributed by atoms with E-state index in [-0.39, 0.29) is 6.61 Å². The van der Waals surface area contributed by atoms with Crippen molar-refractivity contribution in [1.82, 2.24) is 19.9 Å². The molecule has 27 heavy (non-hydrogen) atoms. The first-order valence-electron chi connectivity index (χ1n) is 9.27. The monoisotopic (exact) mass is 361 g/mol. The Morgan fingerprint density at radius 3 is 2.33 bits per heavy atom. The minimum absolute atomic E-state index is 0.204. The zero-order valence-electron chi connectivity index (χ0n) is 15.2. The highest BCUT2D eigenvalue weighted by atomic mass is 16.3. The van der Waals surface area contributed by atoms with Crippen molar-refractivity contribution in [2.24, 2.45) is 0 Å². The van der Waals surface area contributed by atoms with Crippen LogP contribution in [-0.2, 0) is 0 Å². The first-order valence-corrected chi connectivity index (χ1v) is 9.27. The standard InChI is InChI=1S/C21H23N5O/c27-15-14-25-10-12-26(13-11-25)20-16-19(18-8-4-5-9-22-18)23-21(24-20)17-6-2-1-3-7-17/h1-9,16,27H,10-15H2. The molecule has 0 spiro atoms. The highest BCUT2D eigenvalue weighted by Crippen LogP contribution is 2.25. The van der Waals surface area contributed by atoms with Crippen molar-refractivity contribution in [3.63, 3.8) is 0 Å². The Morgan fingerprint density at radius 2 is 1.63 bits per heavy atom. The van der Waals surface area contributed by atoms with Crippen molar-refractivity contribution in [1.29, 1.82) is 0 Å². The van der Waals surface area contributed by atoms with Gasteiger partial charge in [-0.05, 0) is 12.1 Å². The Bertz CT molecular complexity index is 807. The largest absolute Gasteiger partial charge is 0.395 e. The molecular weight excluding hydrogens is 338 g/mol. The SMILES string of the molecule is OCCN1CCN(c2cc(-c3ccccn3)nc(-c3ccccc3)n2)CC1. The van der Waals surface area contributed by atoms with Crippen LogP contribution < -0.4 is 4.90 Å². The van der Waals surface area contributed by atoms with Crippen molar-refractivity contribution in [3.05, 3.63) is 60.8 Å². The summed E-state index contributed by atoms with van der Waals surface area (Å²) in [6.45, 7) is 4.54. The molecule has 1 aromatic carbocycles. The molecule has 0 radical (unpaired) electrons. The van der Waals surface area contributed by atoms with E-state index < -0.39 is 0 Å². The van der Waals surface area contributed by atoms with Gasteiger partial charge in [0.15, 0.2) is 5.82 Å². The van der Waals surface area contributed by atoms with Crippen molar-refractivity contribution in [2.45, 2.75) is 0 Å². The molecule has 0 aliphatic carbocycles. The first-order chi connectivity index (χ1) is 13.3. The highest BCUT2D eigenvalue weighted by molar-refractivity contribution is 5.65. The lowest BCUT2D eigenvalue weighted by atomic mass is 10.2. The number of hydrogen-bond donors (Lipinski definition) is 1. The second kappa shape index (κ2) is 8.24. The maximum Gasteiger partial charge on any atom is 0.162 e. The predicted octanol–water partition coefficient (Wildman–Crippen LogP) is 2.32. The lowest BCUT2D eigenvalue weighted by molar-refractivity contribution is 0.188. The van der Waals surface area contributed by atoms with E-state index in [9.17, 15) is 0 Å². The summed E-state index contributed by atoms with van der Waals surface area (Å²) in [6, 6.07) is 17.9. The number of aliphatic hydroxyl groups excluding tert-OH is 1. The fourth-order valence-electron chi connectivity index (χ4n) is 3.30. The molecule has 0 saturated carbocycles. The van der Waals surface area contributed by atoms with E-state index in [4.69, 9.17) is 15.1 Å². The minimum atomic E-state index is 0.204. The molecule has 1 aliphatic rings. The molecule has 1 aliphatic heterocycles. The van der Waals surface area contributed by atoms with E-state index in [0.29, 0.717) is 5.82 Å². The maximum atomic E-state index is 9.14. The quantitative estimate of drug-likeness (QED) is 0.752. The molecule has 0 bridgehead atoms. The normalized spacial score (nSPS) is 15.1. The van der Waals surface area contributed by atoms with Gasteiger partial charge in [0.05, 0.1) is 18.0 Å². The lowest BCUT2D eigenvalue weighted by Crippen LogP contribution is -2.47. The van der Waals surface area contributed by atoms with Gasteiger partial charge in [-0.1, -0.05) is 36.4 Å². The van der Waals surface area contributed by atoms with Crippen LogP contribution in [-0.4, -0.2) is 64.3 Å². The molecule has 2 aromatic heterocycles. The minimum Gasteiger partial charge on any atom is -0.395 e. The topological polar surface area (TPSA) is 65.4 Å². The zero-order chi connectivity index (χ0) is 18.5. The number of pyridine rings is 1. The summed E-state index contributed by atoms with van der Waals surface area (Å²) in [5.41, 5.74) is 2.67. The number of piperazine rings is 1. The van der Waals surface area contributed by atoms with Crippen LogP contribution >= 0.6 is 0 Å². The number of aliphatic hydroxyl groups is 1. The van der Waals surface area contributed by atoms with Gasteiger partial charge in [0.2, 0.25) is 0 Å². The molecule has 0 atom stereocenters. The van der Waals surface area contributed by atoms with Gasteiger partial charge in [-0.25, -0.2) is 9.97 Å². The zero-order valence-corrected chi connectivity index (χ0v) is 15.2. The van der Waals surface area contributed by atoms with Crippen LogP contribution in [0, 0.1) is 0 Å². The number of anilines is 1. The second-order valence-electron chi connectivity index (χ2n) is 6.57. The number of hydrogen-bond acceptors (Lipinski definition) is 6. The number of nitrogens with zero attached hydrogens (tertiary/aromatic N) is 5. The van der Waals surface area contributed by atoms with Crippen LogP contribution in [0.1, 0.15) is 0 Å². The van der Waals surface area contributed by atoms with E-state index in [1.807, 2.05) is 54.6 Å². The van der Waals surface area contributed by atoms with Gasteiger partial charge in [0, 0.05) is 50.6 Å². The van der Waals surface area contributed by atoms with Gasteiger partial charge in [-0.15, -0.1) is 0 Å². The van der Waals surface area contributed by atoms with E-state index in [1.54, 1.807) is 6.20 Å². The summed E-state index contributed by atoms with van der Waals surface area (Å²) in [5.74, 6) is 1.64. The van der Waals surface area contributed by atoms with Gasteiger partial charge in [0.1, 0.15) is 5.82 Å². The number of β-amino-alcohol motifs (C(OH)–C–C–N with tert-alkyl or cyclic N) is 1. The smallest absolute Gasteiger partial charge is 0.162 e.